The van der Waals surface area contributed by atoms with Gasteiger partial charge in [-0.15, -0.1) is 34.2 Å². The smallest absolute Gasteiger partial charge is 0.194 e. The summed E-state index contributed by atoms with van der Waals surface area (Å²) < 4.78 is 7.39. The largest absolute Gasteiger partial charge is 0.497 e. The van der Waals surface area contributed by atoms with Crippen LogP contribution in [0.4, 0.5) is 5.69 Å². The molecule has 2 aromatic carbocycles. The first-order chi connectivity index (χ1) is 16.3. The van der Waals surface area contributed by atoms with Crippen molar-refractivity contribution in [1.82, 2.24) is 25.0 Å². The lowest BCUT2D eigenvalue weighted by Gasteiger charge is -2.38. The molecular weight excluding hydrogens is 541 g/mol. The molecular formula is C25H34IN7O. The van der Waals surface area contributed by atoms with E-state index in [1.165, 1.54) is 11.3 Å². The summed E-state index contributed by atoms with van der Waals surface area (Å²) in [5, 5.41) is 11.8. The number of hydrogen-bond donors (Lipinski definition) is 1. The number of benzene rings is 2. The quantitative estimate of drug-likeness (QED) is 0.252. The van der Waals surface area contributed by atoms with Crippen molar-refractivity contribution in [3.05, 3.63) is 72.3 Å². The zero-order valence-electron chi connectivity index (χ0n) is 19.9. The molecule has 2 heterocycles. The van der Waals surface area contributed by atoms with Gasteiger partial charge in [0.1, 0.15) is 17.9 Å². The molecule has 1 saturated heterocycles. The van der Waals surface area contributed by atoms with Gasteiger partial charge in [-0.3, -0.25) is 0 Å². The summed E-state index contributed by atoms with van der Waals surface area (Å²) in [6, 6.07) is 18.7. The number of methoxy groups -OCH3 is 1. The predicted molar refractivity (Wildman–Crippen MR) is 147 cm³/mol. The molecule has 34 heavy (non-hydrogen) atoms. The zero-order valence-corrected chi connectivity index (χ0v) is 22.3. The van der Waals surface area contributed by atoms with Crippen LogP contribution in [0.5, 0.6) is 5.75 Å². The molecule has 1 aliphatic rings. The van der Waals surface area contributed by atoms with Crippen molar-refractivity contribution >= 4 is 35.6 Å². The van der Waals surface area contributed by atoms with Gasteiger partial charge in [-0.1, -0.05) is 37.3 Å². The van der Waals surface area contributed by atoms with Crippen LogP contribution in [0.25, 0.3) is 0 Å². The molecule has 3 aromatic rings. The lowest BCUT2D eigenvalue weighted by molar-refractivity contribution is 0.370. The van der Waals surface area contributed by atoms with Crippen LogP contribution in [0.3, 0.4) is 0 Å². The van der Waals surface area contributed by atoms with E-state index in [-0.39, 0.29) is 24.0 Å². The number of aromatic nitrogens is 3. The predicted octanol–water partition coefficient (Wildman–Crippen LogP) is 3.44. The van der Waals surface area contributed by atoms with Gasteiger partial charge in [-0.05, 0) is 29.8 Å². The molecule has 0 amide bonds. The fourth-order valence-corrected chi connectivity index (χ4v) is 4.01. The van der Waals surface area contributed by atoms with Crippen LogP contribution < -0.4 is 15.0 Å². The van der Waals surface area contributed by atoms with Crippen LogP contribution in [-0.2, 0) is 19.5 Å². The van der Waals surface area contributed by atoms with Crippen LogP contribution in [-0.4, -0.2) is 65.5 Å². The van der Waals surface area contributed by atoms with Crippen molar-refractivity contribution < 1.29 is 4.74 Å². The third-order valence-electron chi connectivity index (χ3n) is 5.92. The Hall–Kier alpha value is -2.82. The number of aryl methyl sites for hydroxylation is 1. The summed E-state index contributed by atoms with van der Waals surface area (Å²) in [7, 11) is 1.70. The van der Waals surface area contributed by atoms with E-state index in [0.717, 1.165) is 63.2 Å². The van der Waals surface area contributed by atoms with E-state index in [9.17, 15) is 0 Å². The molecule has 0 saturated carbocycles. The van der Waals surface area contributed by atoms with E-state index < -0.39 is 0 Å². The number of hydrogen-bond acceptors (Lipinski definition) is 5. The highest BCUT2D eigenvalue weighted by molar-refractivity contribution is 14.0. The highest BCUT2D eigenvalue weighted by Gasteiger charge is 2.20. The molecule has 0 atom stereocenters. The zero-order chi connectivity index (χ0) is 22.9. The summed E-state index contributed by atoms with van der Waals surface area (Å²) in [6.45, 7) is 8.08. The van der Waals surface area contributed by atoms with E-state index >= 15 is 0 Å². The standard InChI is InChI=1S/C25H33N7O.HI/c1-3-24-29-28-20-32(24)14-13-26-25(27-19-21-7-5-4-6-8-21)31-17-15-30(16-18-31)22-9-11-23(33-2)12-10-22;/h4-12,20H,3,13-19H2,1-2H3,(H,26,27);1H. The molecule has 9 heteroatoms. The molecule has 1 N–H and O–H groups in total. The van der Waals surface area contributed by atoms with Crippen LogP contribution >= 0.6 is 24.0 Å². The van der Waals surface area contributed by atoms with Gasteiger partial charge >= 0.3 is 0 Å². The second-order valence-corrected chi connectivity index (χ2v) is 8.02. The van der Waals surface area contributed by atoms with Crippen molar-refractivity contribution in [1.29, 1.82) is 0 Å². The number of ether oxygens (including phenoxy) is 1. The minimum absolute atomic E-state index is 0. The molecule has 0 unspecified atom stereocenters. The summed E-state index contributed by atoms with van der Waals surface area (Å²) in [4.78, 5) is 9.72. The van der Waals surface area contributed by atoms with Crippen molar-refractivity contribution in [3.8, 4) is 5.75 Å². The van der Waals surface area contributed by atoms with Crippen molar-refractivity contribution in [3.63, 3.8) is 0 Å². The van der Waals surface area contributed by atoms with Gasteiger partial charge < -0.3 is 24.4 Å². The number of guanidine groups is 1. The van der Waals surface area contributed by atoms with Crippen molar-refractivity contribution in [2.45, 2.75) is 26.4 Å². The Labute approximate surface area is 219 Å². The molecule has 1 fully saturated rings. The molecule has 0 radical (unpaired) electrons. The molecule has 1 aromatic heterocycles. The van der Waals surface area contributed by atoms with Crippen LogP contribution in [0.1, 0.15) is 18.3 Å². The first-order valence-corrected chi connectivity index (χ1v) is 11.6. The summed E-state index contributed by atoms with van der Waals surface area (Å²) in [6.07, 6.45) is 2.68. The summed E-state index contributed by atoms with van der Waals surface area (Å²) >= 11 is 0. The number of rotatable bonds is 8. The van der Waals surface area contributed by atoms with E-state index in [4.69, 9.17) is 9.73 Å². The maximum absolute atomic E-state index is 5.29. The molecule has 4 rings (SSSR count). The highest BCUT2D eigenvalue weighted by atomic mass is 127. The van der Waals surface area contributed by atoms with Gasteiger partial charge in [0.15, 0.2) is 5.96 Å². The summed E-state index contributed by atoms with van der Waals surface area (Å²) in [5.74, 6) is 2.85. The monoisotopic (exact) mass is 575 g/mol. The molecule has 0 aliphatic carbocycles. The van der Waals surface area contributed by atoms with Gasteiger partial charge in [0.2, 0.25) is 0 Å². The van der Waals surface area contributed by atoms with Gasteiger partial charge in [-0.25, -0.2) is 4.99 Å². The third-order valence-corrected chi connectivity index (χ3v) is 5.92. The minimum atomic E-state index is 0. The lowest BCUT2D eigenvalue weighted by Crippen LogP contribution is -2.53. The molecule has 0 bridgehead atoms. The molecule has 182 valence electrons. The Morgan fingerprint density at radius 2 is 1.76 bits per heavy atom. The van der Waals surface area contributed by atoms with E-state index in [1.807, 2.05) is 18.2 Å². The number of halogens is 1. The number of nitrogens with one attached hydrogen (secondary N) is 1. The summed E-state index contributed by atoms with van der Waals surface area (Å²) in [5.41, 5.74) is 2.44. The maximum atomic E-state index is 5.29. The third kappa shape index (κ3) is 6.85. The number of aliphatic imine (C=N–C) groups is 1. The number of nitrogens with zero attached hydrogens (tertiary/aromatic N) is 6. The van der Waals surface area contributed by atoms with Gasteiger partial charge in [0.05, 0.1) is 13.7 Å². The lowest BCUT2D eigenvalue weighted by atomic mass is 10.2. The second kappa shape index (κ2) is 13.2. The first-order valence-electron chi connectivity index (χ1n) is 11.6. The number of anilines is 1. The van der Waals surface area contributed by atoms with Gasteiger partial charge in [0.25, 0.3) is 0 Å². The van der Waals surface area contributed by atoms with Crippen molar-refractivity contribution in [2.75, 3.05) is 44.7 Å². The van der Waals surface area contributed by atoms with E-state index in [1.54, 1.807) is 13.4 Å². The fraction of sp³-hybridized carbons (Fsp3) is 0.400. The fourth-order valence-electron chi connectivity index (χ4n) is 4.01. The van der Waals surface area contributed by atoms with Crippen LogP contribution in [0.2, 0.25) is 0 Å². The average Bonchev–Trinajstić information content (AvgIpc) is 3.34. The van der Waals surface area contributed by atoms with Gasteiger partial charge in [0, 0.05) is 51.4 Å². The van der Waals surface area contributed by atoms with Gasteiger partial charge in [-0.2, -0.15) is 0 Å². The molecule has 0 spiro atoms. The highest BCUT2D eigenvalue weighted by Crippen LogP contribution is 2.20. The van der Waals surface area contributed by atoms with Crippen molar-refractivity contribution in [2.24, 2.45) is 4.99 Å². The van der Waals surface area contributed by atoms with Crippen LogP contribution in [0.15, 0.2) is 65.9 Å². The maximum Gasteiger partial charge on any atom is 0.194 e. The normalized spacial score (nSPS) is 14.0. The Balaban J connectivity index is 0.00000324. The topological polar surface area (TPSA) is 70.8 Å². The SMILES string of the molecule is CCc1nncn1CCNC(=NCc1ccccc1)N1CCN(c2ccc(OC)cc2)CC1.I. The molecule has 1 aliphatic heterocycles. The Morgan fingerprint density at radius 1 is 1.03 bits per heavy atom. The number of piperazine rings is 1. The van der Waals surface area contributed by atoms with Crippen LogP contribution in [0, 0.1) is 0 Å². The Kier molecular flexibility index (Phi) is 9.99. The van der Waals surface area contributed by atoms with E-state index in [0.29, 0.717) is 6.54 Å². The minimum Gasteiger partial charge on any atom is -0.497 e. The molecule has 8 nitrogen and oxygen atoms in total. The Morgan fingerprint density at radius 3 is 2.44 bits per heavy atom. The second-order valence-electron chi connectivity index (χ2n) is 8.02. The Bertz CT molecular complexity index is 1020. The first kappa shape index (κ1) is 25.8. The average molecular weight is 575 g/mol. The van der Waals surface area contributed by atoms with E-state index in [2.05, 4.69) is 73.2 Å².